The number of rotatable bonds is 8. The summed E-state index contributed by atoms with van der Waals surface area (Å²) in [6.07, 6.45) is 7.78. The minimum atomic E-state index is -0.0781. The molecule has 0 spiro atoms. The molecular weight excluding hydrogens is 383 g/mol. The fourth-order valence-corrected chi connectivity index (χ4v) is 2.52. The van der Waals surface area contributed by atoms with E-state index in [1.165, 1.54) is 5.56 Å². The Kier molecular flexibility index (Phi) is 10.0. The zero-order chi connectivity index (χ0) is 14.3. The first-order valence-corrected chi connectivity index (χ1v) is 8.24. The number of alkyl halides is 1. The smallest absolute Gasteiger partial charge is 0.116 e. The maximum Gasteiger partial charge on any atom is 0.116 e. The summed E-state index contributed by atoms with van der Waals surface area (Å²) in [6, 6.07) is 2.21. The van der Waals surface area contributed by atoms with Crippen molar-refractivity contribution in [2.24, 2.45) is 5.73 Å². The van der Waals surface area contributed by atoms with Crippen molar-refractivity contribution >= 4 is 35.2 Å². The van der Waals surface area contributed by atoms with Gasteiger partial charge < -0.3 is 10.5 Å². The second-order valence-corrected chi connectivity index (χ2v) is 7.63. The Labute approximate surface area is 142 Å². The molecule has 1 rings (SSSR count). The van der Waals surface area contributed by atoms with Crippen molar-refractivity contribution in [3.05, 3.63) is 29.6 Å². The molecule has 0 fully saturated rings. The summed E-state index contributed by atoms with van der Waals surface area (Å²) in [5.74, 6) is 0.798. The highest BCUT2D eigenvalue weighted by atomic mass is 127. The van der Waals surface area contributed by atoms with Gasteiger partial charge >= 0.3 is 0 Å². The first kappa shape index (κ1) is 20.1. The zero-order valence-corrected chi connectivity index (χ0v) is 14.7. The molecule has 0 saturated carbocycles. The van der Waals surface area contributed by atoms with Crippen molar-refractivity contribution in [3.8, 4) is 0 Å². The predicted molar refractivity (Wildman–Crippen MR) is 98.7 cm³/mol. The molecule has 1 aromatic heterocycles. The molecule has 0 aliphatic rings. The number of methoxy groups -OCH3 is 1. The summed E-state index contributed by atoms with van der Waals surface area (Å²) in [5, 5.41) is 0. The number of aromatic nitrogens is 1. The largest absolute Gasteiger partial charge is 0.368 e. The van der Waals surface area contributed by atoms with Crippen LogP contribution in [0.15, 0.2) is 18.5 Å². The van der Waals surface area contributed by atoms with Crippen LogP contribution in [0, 0.1) is 0 Å². The number of nitrogens with zero attached hydrogens (tertiary/aromatic N) is 1. The average Bonchev–Trinajstić information content (AvgIpc) is 2.39. The van der Waals surface area contributed by atoms with Crippen LogP contribution in [0.3, 0.4) is 0 Å². The van der Waals surface area contributed by atoms with Crippen LogP contribution in [-0.4, -0.2) is 21.5 Å². The van der Waals surface area contributed by atoms with Crippen molar-refractivity contribution in [1.82, 2.24) is 4.98 Å². The molecule has 0 saturated heterocycles. The molecule has 0 radical (unpaired) electrons. The molecule has 116 valence electrons. The molecule has 2 atom stereocenters. The lowest BCUT2D eigenvalue weighted by molar-refractivity contribution is 0.0936. The molecule has 0 aliphatic heterocycles. The molecule has 20 heavy (non-hydrogen) atoms. The average molecular weight is 410 g/mol. The number of hydrogen-bond donors (Lipinski definition) is 2. The van der Waals surface area contributed by atoms with E-state index >= 15 is 0 Å². The van der Waals surface area contributed by atoms with Crippen molar-refractivity contribution in [2.45, 2.75) is 49.7 Å². The zero-order valence-electron chi connectivity index (χ0n) is 11.6. The summed E-state index contributed by atoms with van der Waals surface area (Å²) < 4.78 is 5.33. The highest BCUT2D eigenvalue weighted by Crippen LogP contribution is 2.26. The Morgan fingerprint density at radius 1 is 1.50 bits per heavy atom. The van der Waals surface area contributed by atoms with Gasteiger partial charge in [0.05, 0.1) is 0 Å². The Morgan fingerprint density at radius 3 is 2.80 bits per heavy atom. The Hall–Kier alpha value is 0.150. The highest BCUT2D eigenvalue weighted by molar-refractivity contribution is 14.1. The topological polar surface area (TPSA) is 48.1 Å². The Bertz CT molecular complexity index is 388. The molecule has 2 unspecified atom stereocenters. The van der Waals surface area contributed by atoms with Gasteiger partial charge in [-0.1, -0.05) is 13.5 Å². The first-order chi connectivity index (χ1) is 8.98. The number of halogens is 1. The molecule has 0 aromatic carbocycles. The van der Waals surface area contributed by atoms with Gasteiger partial charge in [-0.05, 0) is 72.1 Å². The van der Waals surface area contributed by atoms with E-state index in [0.29, 0.717) is 0 Å². The number of ether oxygens (including phenoxy) is 1. The van der Waals surface area contributed by atoms with E-state index in [-0.39, 0.29) is 17.1 Å². The molecular formula is C15H27IN2OS. The minimum Gasteiger partial charge on any atom is -0.368 e. The van der Waals surface area contributed by atoms with Crippen LogP contribution in [0.1, 0.15) is 50.8 Å². The Balaban J connectivity index is 0.00000361. The monoisotopic (exact) mass is 410 g/mol. The Morgan fingerprint density at radius 2 is 2.20 bits per heavy atom. The molecule has 1 heterocycles. The summed E-state index contributed by atoms with van der Waals surface area (Å²) in [6.45, 7) is 2.10. The van der Waals surface area contributed by atoms with Crippen molar-refractivity contribution in [1.29, 1.82) is 0 Å². The lowest BCUT2D eigenvalue weighted by Gasteiger charge is -2.20. The lowest BCUT2D eigenvalue weighted by atomic mass is 10.0. The summed E-state index contributed by atoms with van der Waals surface area (Å²) in [7, 11) is 1.76. The van der Waals surface area contributed by atoms with E-state index in [4.69, 9.17) is 10.5 Å². The fraction of sp³-hybridized carbons (Fsp3) is 0.667. The SMILES string of the molecule is C.COC(C)(I)CCCc1cncc(C(N)CCS)c1. The van der Waals surface area contributed by atoms with E-state index in [1.54, 1.807) is 7.11 Å². The number of nitrogens with two attached hydrogens (primary N) is 1. The van der Waals surface area contributed by atoms with Gasteiger partial charge in [0.2, 0.25) is 0 Å². The van der Waals surface area contributed by atoms with Gasteiger partial charge in [-0.2, -0.15) is 12.6 Å². The second kappa shape index (κ2) is 9.97. The number of pyridine rings is 1. The van der Waals surface area contributed by atoms with Gasteiger partial charge in [0.25, 0.3) is 0 Å². The summed E-state index contributed by atoms with van der Waals surface area (Å²) >= 11 is 6.56. The quantitative estimate of drug-likeness (QED) is 0.385. The molecule has 3 nitrogen and oxygen atoms in total. The van der Waals surface area contributed by atoms with Crippen LogP contribution in [-0.2, 0) is 11.2 Å². The highest BCUT2D eigenvalue weighted by Gasteiger charge is 2.17. The van der Waals surface area contributed by atoms with Gasteiger partial charge in [0.15, 0.2) is 0 Å². The predicted octanol–water partition coefficient (Wildman–Crippen LogP) is 4.16. The van der Waals surface area contributed by atoms with Crippen LogP contribution in [0.2, 0.25) is 0 Å². The van der Waals surface area contributed by atoms with Gasteiger partial charge in [0, 0.05) is 25.5 Å². The van der Waals surface area contributed by atoms with Gasteiger partial charge in [-0.25, -0.2) is 0 Å². The van der Waals surface area contributed by atoms with Crippen LogP contribution >= 0.6 is 35.2 Å². The third-order valence-corrected chi connectivity index (χ3v) is 4.44. The molecule has 5 heteroatoms. The fourth-order valence-electron chi connectivity index (χ4n) is 1.86. The van der Waals surface area contributed by atoms with Gasteiger partial charge in [-0.15, -0.1) is 0 Å². The molecule has 0 aliphatic carbocycles. The third kappa shape index (κ3) is 7.24. The molecule has 0 amide bonds. The van der Waals surface area contributed by atoms with Crippen molar-refractivity contribution < 1.29 is 4.74 Å². The normalized spacial score (nSPS) is 15.2. The van der Waals surface area contributed by atoms with Crippen molar-refractivity contribution in [3.63, 3.8) is 0 Å². The number of hydrogen-bond acceptors (Lipinski definition) is 4. The van der Waals surface area contributed by atoms with E-state index in [0.717, 1.165) is 37.0 Å². The lowest BCUT2D eigenvalue weighted by Crippen LogP contribution is -2.17. The van der Waals surface area contributed by atoms with E-state index in [1.807, 2.05) is 12.4 Å². The van der Waals surface area contributed by atoms with Crippen LogP contribution in [0.4, 0.5) is 0 Å². The van der Waals surface area contributed by atoms with E-state index < -0.39 is 0 Å². The van der Waals surface area contributed by atoms with Gasteiger partial charge in [0.1, 0.15) is 3.61 Å². The standard InChI is InChI=1S/C14H23IN2OS.CH4/c1-14(15,18-2)6-3-4-11-8-12(10-17-9-11)13(16)5-7-19;/h8-10,13,19H,3-7,16H2,1-2H3;1H4. The maximum absolute atomic E-state index is 6.08. The minimum absolute atomic E-state index is 0. The number of aryl methyl sites for hydroxylation is 1. The molecule has 1 aromatic rings. The van der Waals surface area contributed by atoms with Crippen LogP contribution in [0.25, 0.3) is 0 Å². The maximum atomic E-state index is 6.08. The van der Waals surface area contributed by atoms with Gasteiger partial charge in [-0.3, -0.25) is 4.98 Å². The van der Waals surface area contributed by atoms with E-state index in [9.17, 15) is 0 Å². The van der Waals surface area contributed by atoms with Crippen molar-refractivity contribution in [2.75, 3.05) is 12.9 Å². The molecule has 0 bridgehead atoms. The number of thiol groups is 1. The molecule has 2 N–H and O–H groups in total. The van der Waals surface area contributed by atoms with E-state index in [2.05, 4.69) is 53.2 Å². The van der Waals surface area contributed by atoms with Crippen LogP contribution in [0.5, 0.6) is 0 Å². The summed E-state index contributed by atoms with van der Waals surface area (Å²) in [5.41, 5.74) is 8.44. The first-order valence-electron chi connectivity index (χ1n) is 6.53. The third-order valence-electron chi connectivity index (χ3n) is 3.20. The second-order valence-electron chi connectivity index (χ2n) is 4.90. The van der Waals surface area contributed by atoms with Crippen LogP contribution < -0.4 is 5.73 Å². The summed E-state index contributed by atoms with van der Waals surface area (Å²) in [4.78, 5) is 4.29.